The maximum absolute atomic E-state index is 12.2. The van der Waals surface area contributed by atoms with E-state index in [1.54, 1.807) is 12.1 Å². The number of carbonyl (C=O) groups is 1. The largest absolute Gasteiger partial charge is 0.456 e. The summed E-state index contributed by atoms with van der Waals surface area (Å²) in [5, 5.41) is 0. The molecule has 0 N–H and O–H groups in total. The molecule has 0 aromatic heterocycles. The fraction of sp³-hybridized carbons (Fsp3) is 0.316. The highest BCUT2D eigenvalue weighted by Gasteiger charge is 2.54. The Balaban J connectivity index is 1.80. The molecule has 22 heavy (non-hydrogen) atoms. The van der Waals surface area contributed by atoms with E-state index in [1.807, 2.05) is 25.1 Å². The van der Waals surface area contributed by atoms with E-state index in [2.05, 4.69) is 32.0 Å². The summed E-state index contributed by atoms with van der Waals surface area (Å²) >= 11 is 0. The predicted molar refractivity (Wildman–Crippen MR) is 84.9 cm³/mol. The maximum Gasteiger partial charge on any atom is 0.338 e. The molecule has 0 spiro atoms. The van der Waals surface area contributed by atoms with E-state index in [1.165, 1.54) is 11.1 Å². The van der Waals surface area contributed by atoms with Crippen molar-refractivity contribution >= 4 is 5.97 Å². The molecule has 114 valence electrons. The smallest absolute Gasteiger partial charge is 0.338 e. The second-order valence-corrected chi connectivity index (χ2v) is 5.91. The first kappa shape index (κ1) is 14.8. The van der Waals surface area contributed by atoms with Gasteiger partial charge in [-0.3, -0.25) is 0 Å². The first-order chi connectivity index (χ1) is 10.5. The fourth-order valence-corrected chi connectivity index (χ4v) is 2.87. The standard InChI is InChI=1S/C19H20O3/c1-13-9-10-17(14(2)11-13)19(12-21-19)15(3)22-18(20)16-7-5-4-6-8-16/h4-11,15H,12H2,1-3H3/t15-,19+/m1/s1. The molecule has 1 saturated heterocycles. The van der Waals surface area contributed by atoms with Gasteiger partial charge in [0.05, 0.1) is 12.2 Å². The van der Waals surface area contributed by atoms with E-state index in [0.717, 1.165) is 5.56 Å². The van der Waals surface area contributed by atoms with E-state index in [9.17, 15) is 4.79 Å². The quantitative estimate of drug-likeness (QED) is 0.636. The lowest BCUT2D eigenvalue weighted by Crippen LogP contribution is -2.30. The van der Waals surface area contributed by atoms with Crippen molar-refractivity contribution in [2.45, 2.75) is 32.5 Å². The van der Waals surface area contributed by atoms with Crippen molar-refractivity contribution < 1.29 is 14.3 Å². The molecule has 0 radical (unpaired) electrons. The first-order valence-electron chi connectivity index (χ1n) is 7.51. The molecule has 0 saturated carbocycles. The minimum atomic E-state index is -0.498. The Kier molecular flexibility index (Phi) is 3.75. The van der Waals surface area contributed by atoms with Gasteiger partial charge in [-0.2, -0.15) is 0 Å². The van der Waals surface area contributed by atoms with Crippen LogP contribution in [0, 0.1) is 13.8 Å². The SMILES string of the molecule is Cc1ccc([C@@]2([C@@H](C)OC(=O)c3ccccc3)CO2)c(C)c1. The monoisotopic (exact) mass is 296 g/mol. The van der Waals surface area contributed by atoms with Gasteiger partial charge in [-0.05, 0) is 44.0 Å². The zero-order valence-electron chi connectivity index (χ0n) is 13.1. The summed E-state index contributed by atoms with van der Waals surface area (Å²) in [5.41, 5.74) is 3.55. The molecule has 1 aliphatic heterocycles. The molecule has 3 heteroatoms. The van der Waals surface area contributed by atoms with Crippen molar-refractivity contribution in [1.29, 1.82) is 0 Å². The third kappa shape index (κ3) is 2.64. The van der Waals surface area contributed by atoms with E-state index in [4.69, 9.17) is 9.47 Å². The number of esters is 1. The number of hydrogen-bond donors (Lipinski definition) is 0. The summed E-state index contributed by atoms with van der Waals surface area (Å²) in [6.07, 6.45) is -0.332. The predicted octanol–water partition coefficient (Wildman–Crippen LogP) is 3.77. The van der Waals surface area contributed by atoms with Crippen molar-refractivity contribution in [2.24, 2.45) is 0 Å². The Hall–Kier alpha value is -2.13. The second-order valence-electron chi connectivity index (χ2n) is 5.91. The van der Waals surface area contributed by atoms with Crippen molar-refractivity contribution in [1.82, 2.24) is 0 Å². The summed E-state index contributed by atoms with van der Waals surface area (Å²) < 4.78 is 11.4. The molecule has 1 heterocycles. The molecule has 1 aliphatic rings. The van der Waals surface area contributed by atoms with Crippen molar-refractivity contribution in [3.8, 4) is 0 Å². The molecule has 0 aliphatic carbocycles. The van der Waals surface area contributed by atoms with Crippen LogP contribution in [0.5, 0.6) is 0 Å². The molecular weight excluding hydrogens is 276 g/mol. The summed E-state index contributed by atoms with van der Waals surface area (Å²) in [6, 6.07) is 15.3. The lowest BCUT2D eigenvalue weighted by Gasteiger charge is -2.23. The van der Waals surface area contributed by atoms with Crippen LogP contribution in [0.1, 0.15) is 34.0 Å². The Morgan fingerprint density at radius 2 is 1.86 bits per heavy atom. The normalized spacial score (nSPS) is 21.2. The summed E-state index contributed by atoms with van der Waals surface area (Å²) in [7, 11) is 0. The van der Waals surface area contributed by atoms with Gasteiger partial charge < -0.3 is 9.47 Å². The topological polar surface area (TPSA) is 38.8 Å². The number of carbonyl (C=O) groups excluding carboxylic acids is 1. The minimum absolute atomic E-state index is 0.312. The van der Waals surface area contributed by atoms with E-state index in [0.29, 0.717) is 12.2 Å². The van der Waals surface area contributed by atoms with Crippen molar-refractivity contribution in [3.63, 3.8) is 0 Å². The van der Waals surface area contributed by atoms with Crippen LogP contribution in [0.4, 0.5) is 0 Å². The number of hydrogen-bond acceptors (Lipinski definition) is 3. The first-order valence-corrected chi connectivity index (χ1v) is 7.51. The van der Waals surface area contributed by atoms with Crippen molar-refractivity contribution in [2.75, 3.05) is 6.61 Å². The van der Waals surface area contributed by atoms with E-state index < -0.39 is 5.60 Å². The van der Waals surface area contributed by atoms with Gasteiger partial charge in [-0.25, -0.2) is 4.79 Å². The Morgan fingerprint density at radius 3 is 2.45 bits per heavy atom. The minimum Gasteiger partial charge on any atom is -0.456 e. The van der Waals surface area contributed by atoms with Crippen LogP contribution in [0.3, 0.4) is 0 Å². The van der Waals surface area contributed by atoms with Gasteiger partial charge >= 0.3 is 5.97 Å². The number of rotatable bonds is 4. The second kappa shape index (κ2) is 5.58. The molecule has 3 nitrogen and oxygen atoms in total. The van der Waals surface area contributed by atoms with Gasteiger partial charge in [0.2, 0.25) is 0 Å². The number of ether oxygens (including phenoxy) is 2. The number of benzene rings is 2. The summed E-state index contributed by atoms with van der Waals surface area (Å²) in [5.74, 6) is -0.312. The van der Waals surface area contributed by atoms with Crippen LogP contribution in [0.2, 0.25) is 0 Å². The molecule has 2 aromatic rings. The van der Waals surface area contributed by atoms with Gasteiger partial charge in [0, 0.05) is 0 Å². The van der Waals surface area contributed by atoms with Gasteiger partial charge in [-0.15, -0.1) is 0 Å². The Bertz CT molecular complexity index is 687. The number of aryl methyl sites for hydroxylation is 2. The summed E-state index contributed by atoms with van der Waals surface area (Å²) in [6.45, 7) is 6.61. The third-order valence-electron chi connectivity index (χ3n) is 4.24. The van der Waals surface area contributed by atoms with Crippen LogP contribution in [0.15, 0.2) is 48.5 Å². The molecule has 0 unspecified atom stereocenters. The zero-order chi connectivity index (χ0) is 15.7. The average Bonchev–Trinajstić information content (AvgIpc) is 3.29. The Morgan fingerprint density at radius 1 is 1.18 bits per heavy atom. The van der Waals surface area contributed by atoms with Gasteiger partial charge in [0.25, 0.3) is 0 Å². The van der Waals surface area contributed by atoms with Crippen LogP contribution in [0.25, 0.3) is 0 Å². The van der Waals surface area contributed by atoms with Crippen LogP contribution in [-0.4, -0.2) is 18.7 Å². The summed E-state index contributed by atoms with van der Waals surface area (Å²) in [4.78, 5) is 12.2. The lowest BCUT2D eigenvalue weighted by molar-refractivity contribution is 0.0104. The lowest BCUT2D eigenvalue weighted by atomic mass is 9.90. The molecular formula is C19H20O3. The molecule has 1 fully saturated rings. The molecule has 0 bridgehead atoms. The highest BCUT2D eigenvalue weighted by molar-refractivity contribution is 5.89. The maximum atomic E-state index is 12.2. The highest BCUT2D eigenvalue weighted by Crippen LogP contribution is 2.45. The zero-order valence-corrected chi connectivity index (χ0v) is 13.1. The molecule has 2 atom stereocenters. The van der Waals surface area contributed by atoms with E-state index >= 15 is 0 Å². The highest BCUT2D eigenvalue weighted by atomic mass is 16.6. The fourth-order valence-electron chi connectivity index (χ4n) is 2.87. The Labute approximate surface area is 130 Å². The van der Waals surface area contributed by atoms with Gasteiger partial charge in [0.1, 0.15) is 6.10 Å². The van der Waals surface area contributed by atoms with Crippen LogP contribution in [-0.2, 0) is 15.1 Å². The molecule has 3 rings (SSSR count). The van der Waals surface area contributed by atoms with E-state index in [-0.39, 0.29) is 12.1 Å². The number of epoxide rings is 1. The molecule has 0 amide bonds. The third-order valence-corrected chi connectivity index (χ3v) is 4.24. The van der Waals surface area contributed by atoms with Crippen molar-refractivity contribution in [3.05, 3.63) is 70.8 Å². The van der Waals surface area contributed by atoms with Gasteiger partial charge in [-0.1, -0.05) is 42.0 Å². The molecule has 2 aromatic carbocycles. The van der Waals surface area contributed by atoms with Crippen LogP contribution < -0.4 is 0 Å². The van der Waals surface area contributed by atoms with Gasteiger partial charge in [0.15, 0.2) is 5.60 Å². The average molecular weight is 296 g/mol. The van der Waals surface area contributed by atoms with Crippen LogP contribution >= 0.6 is 0 Å².